The number of urea groups is 1. The van der Waals surface area contributed by atoms with Crippen LogP contribution in [0.2, 0.25) is 0 Å². The predicted molar refractivity (Wildman–Crippen MR) is 182 cm³/mol. The summed E-state index contributed by atoms with van der Waals surface area (Å²) in [6.07, 6.45) is 8.09. The molecule has 5 atom stereocenters. The van der Waals surface area contributed by atoms with Crippen molar-refractivity contribution in [2.24, 2.45) is 34.3 Å². The number of likely N-dealkylation sites (tertiary alicyclic amines) is 1. The molecular weight excluding hydrogens is 614 g/mol. The Balaban J connectivity index is 1.29. The second kappa shape index (κ2) is 13.8. The summed E-state index contributed by atoms with van der Waals surface area (Å²) in [6, 6.07) is 7.19. The Kier molecular flexibility index (Phi) is 10.3. The average Bonchev–Trinajstić information content (AvgIpc) is 3.86. The van der Waals surface area contributed by atoms with Crippen molar-refractivity contribution in [2.45, 2.75) is 121 Å². The van der Waals surface area contributed by atoms with Gasteiger partial charge in [0.2, 0.25) is 17.6 Å². The zero-order chi connectivity index (χ0) is 34.1. The van der Waals surface area contributed by atoms with Crippen molar-refractivity contribution in [1.29, 1.82) is 0 Å². The second-order valence-corrected chi connectivity index (χ2v) is 17.2. The monoisotopic (exact) mass is 667 g/mol. The number of amides is 5. The lowest BCUT2D eigenvalue weighted by atomic mass is 9.79. The molecule has 10 nitrogen and oxygen atoms in total. The Morgan fingerprint density at radius 3 is 2.26 bits per heavy atom. The van der Waals surface area contributed by atoms with Gasteiger partial charge in [-0.3, -0.25) is 19.2 Å². The number of ketones is 1. The third kappa shape index (κ3) is 8.15. The zero-order valence-electron chi connectivity index (χ0n) is 28.6. The van der Waals surface area contributed by atoms with Gasteiger partial charge in [0.15, 0.2) is 0 Å². The average molecular weight is 668 g/mol. The van der Waals surface area contributed by atoms with E-state index in [4.69, 9.17) is 5.73 Å². The van der Waals surface area contributed by atoms with Crippen LogP contribution in [-0.2, 0) is 19.2 Å². The molecule has 4 aliphatic rings. The third-order valence-corrected chi connectivity index (χ3v) is 12.1. The Bertz CT molecular complexity index is 1350. The Morgan fingerprint density at radius 2 is 1.66 bits per heavy atom. The summed E-state index contributed by atoms with van der Waals surface area (Å²) in [5.74, 6) is -1.45. The zero-order valence-corrected chi connectivity index (χ0v) is 29.4. The number of hydrogen-bond acceptors (Lipinski definition) is 6. The lowest BCUT2D eigenvalue weighted by Crippen LogP contribution is -2.63. The van der Waals surface area contributed by atoms with Crippen molar-refractivity contribution < 1.29 is 24.0 Å². The van der Waals surface area contributed by atoms with Gasteiger partial charge >= 0.3 is 6.03 Å². The number of hydrogen-bond donors (Lipinski definition) is 4. The summed E-state index contributed by atoms with van der Waals surface area (Å²) in [5.41, 5.74) is 4.19. The minimum absolute atomic E-state index is 0.0845. The van der Waals surface area contributed by atoms with Crippen LogP contribution in [0.5, 0.6) is 0 Å². The van der Waals surface area contributed by atoms with Gasteiger partial charge < -0.3 is 26.6 Å². The van der Waals surface area contributed by atoms with Gasteiger partial charge in [-0.1, -0.05) is 84.9 Å². The number of nitrogens with zero attached hydrogens (tertiary/aromatic N) is 1. The molecule has 3 aliphatic carbocycles. The van der Waals surface area contributed by atoms with Crippen LogP contribution >= 0.6 is 11.8 Å². The quantitative estimate of drug-likeness (QED) is 0.181. The van der Waals surface area contributed by atoms with Gasteiger partial charge in [-0.15, -0.1) is 11.8 Å². The highest BCUT2D eigenvalue weighted by Crippen LogP contribution is 2.65. The molecule has 1 unspecified atom stereocenters. The van der Waals surface area contributed by atoms with Gasteiger partial charge in [-0.2, -0.15) is 0 Å². The SMILES string of the molecule is CC(C)(C)[C@H](NC(=O)NC1(CCSc2ccccc2)CCCCC1)C(=O)N1C[C@H]2[C@@H]([C@H]1C(=O)NC(CC1CC1)C(=O)C(N)=O)C2(C)C. The van der Waals surface area contributed by atoms with E-state index >= 15 is 0 Å². The number of Topliss-reactive ketones (excluding diaryl/α,β-unsaturated/α-hetero) is 1. The smallest absolute Gasteiger partial charge is 0.315 e. The number of benzene rings is 1. The molecule has 0 radical (unpaired) electrons. The molecule has 1 saturated heterocycles. The van der Waals surface area contributed by atoms with Gasteiger partial charge in [-0.25, -0.2) is 4.79 Å². The second-order valence-electron chi connectivity index (χ2n) is 16.0. The maximum atomic E-state index is 14.4. The molecule has 11 heteroatoms. The molecule has 0 aromatic heterocycles. The first-order valence-electron chi connectivity index (χ1n) is 17.3. The van der Waals surface area contributed by atoms with Crippen LogP contribution in [0.3, 0.4) is 0 Å². The van der Waals surface area contributed by atoms with Crippen molar-refractivity contribution in [3.63, 3.8) is 0 Å². The predicted octanol–water partition coefficient (Wildman–Crippen LogP) is 4.41. The molecular formula is C36H53N5O5S. The first-order valence-corrected chi connectivity index (χ1v) is 18.3. The summed E-state index contributed by atoms with van der Waals surface area (Å²) in [7, 11) is 0. The Labute approximate surface area is 283 Å². The molecule has 3 saturated carbocycles. The highest BCUT2D eigenvalue weighted by Gasteiger charge is 2.70. The summed E-state index contributed by atoms with van der Waals surface area (Å²) in [6.45, 7) is 10.3. The number of carbonyl (C=O) groups excluding carboxylic acids is 5. The molecule has 1 aliphatic heterocycles. The van der Waals surface area contributed by atoms with Crippen molar-refractivity contribution in [2.75, 3.05) is 12.3 Å². The molecule has 5 rings (SSSR count). The van der Waals surface area contributed by atoms with Gasteiger partial charge in [0.1, 0.15) is 12.1 Å². The topological polar surface area (TPSA) is 151 Å². The number of carbonyl (C=O) groups is 5. The van der Waals surface area contributed by atoms with E-state index in [1.54, 1.807) is 16.7 Å². The van der Waals surface area contributed by atoms with E-state index in [0.717, 1.165) is 57.1 Å². The lowest BCUT2D eigenvalue weighted by Gasteiger charge is -2.41. The fourth-order valence-electron chi connectivity index (χ4n) is 7.93. The molecule has 4 fully saturated rings. The van der Waals surface area contributed by atoms with Crippen LogP contribution in [0, 0.1) is 28.6 Å². The van der Waals surface area contributed by atoms with Crippen molar-refractivity contribution in [3.8, 4) is 0 Å². The van der Waals surface area contributed by atoms with E-state index in [2.05, 4.69) is 41.9 Å². The molecule has 5 N–H and O–H groups in total. The largest absolute Gasteiger partial charge is 0.363 e. The fourth-order valence-corrected chi connectivity index (χ4v) is 9.01. The van der Waals surface area contributed by atoms with Crippen molar-refractivity contribution in [3.05, 3.63) is 30.3 Å². The van der Waals surface area contributed by atoms with Crippen LogP contribution in [0.4, 0.5) is 4.79 Å². The molecule has 5 amide bonds. The number of nitrogens with two attached hydrogens (primary N) is 1. The molecule has 1 heterocycles. The molecule has 47 heavy (non-hydrogen) atoms. The molecule has 258 valence electrons. The maximum Gasteiger partial charge on any atom is 0.315 e. The normalized spacial score (nSPS) is 25.6. The Morgan fingerprint density at radius 1 is 1.00 bits per heavy atom. The number of fused-ring (bicyclic) bond motifs is 1. The van der Waals surface area contributed by atoms with Gasteiger partial charge in [-0.05, 0) is 66.4 Å². The number of thioether (sulfide) groups is 1. The summed E-state index contributed by atoms with van der Waals surface area (Å²) >= 11 is 1.78. The number of nitrogens with one attached hydrogen (secondary N) is 3. The van der Waals surface area contributed by atoms with Crippen LogP contribution in [0.1, 0.15) is 92.4 Å². The van der Waals surface area contributed by atoms with Crippen molar-refractivity contribution in [1.82, 2.24) is 20.9 Å². The highest BCUT2D eigenvalue weighted by atomic mass is 32.2. The first kappa shape index (κ1) is 35.2. The van der Waals surface area contributed by atoms with E-state index < -0.39 is 41.1 Å². The molecule has 0 spiro atoms. The minimum Gasteiger partial charge on any atom is -0.363 e. The van der Waals surface area contributed by atoms with E-state index in [9.17, 15) is 24.0 Å². The van der Waals surface area contributed by atoms with Crippen LogP contribution < -0.4 is 21.7 Å². The van der Waals surface area contributed by atoms with Crippen LogP contribution in [0.25, 0.3) is 0 Å². The number of primary amides is 1. The molecule has 1 aromatic carbocycles. The van der Waals surface area contributed by atoms with Gasteiger partial charge in [0, 0.05) is 22.7 Å². The molecule has 0 bridgehead atoms. The van der Waals surface area contributed by atoms with Gasteiger partial charge in [0.25, 0.3) is 5.91 Å². The number of rotatable bonds is 13. The van der Waals surface area contributed by atoms with E-state index in [-0.39, 0.29) is 40.6 Å². The Hall–Kier alpha value is -3.08. The van der Waals surface area contributed by atoms with E-state index in [0.29, 0.717) is 13.0 Å². The van der Waals surface area contributed by atoms with Gasteiger partial charge in [0.05, 0.1) is 6.04 Å². The van der Waals surface area contributed by atoms with Crippen LogP contribution in [0.15, 0.2) is 35.2 Å². The van der Waals surface area contributed by atoms with Crippen LogP contribution in [-0.4, -0.2) is 70.4 Å². The standard InChI is InChI=1S/C36H53N5O5S/c1-34(2,3)29(39-33(46)40-36(16-10-7-11-17-36)18-19-47-23-12-8-6-9-13-23)32(45)41-21-24-26(35(24,4)5)27(41)31(44)38-25(20-22-14-15-22)28(42)30(37)43/h6,8-9,12-13,22,24-27,29H,7,10-11,14-21H2,1-5H3,(H2,37,43)(H,38,44)(H2,39,40,46)/t24-,25?,26-,27-,29+/m0/s1. The summed E-state index contributed by atoms with van der Waals surface area (Å²) in [5, 5.41) is 9.16. The van der Waals surface area contributed by atoms with E-state index in [1.807, 2.05) is 39.0 Å². The minimum atomic E-state index is -1.07. The first-order chi connectivity index (χ1) is 22.1. The molecule has 1 aromatic rings. The third-order valence-electron chi connectivity index (χ3n) is 11.1. The fraction of sp³-hybridized carbons (Fsp3) is 0.694. The summed E-state index contributed by atoms with van der Waals surface area (Å²) in [4.78, 5) is 69.3. The highest BCUT2D eigenvalue weighted by molar-refractivity contribution is 7.99. The number of piperidine rings is 1. The van der Waals surface area contributed by atoms with E-state index in [1.165, 1.54) is 4.90 Å². The maximum absolute atomic E-state index is 14.4. The summed E-state index contributed by atoms with van der Waals surface area (Å²) < 4.78 is 0. The lowest BCUT2D eigenvalue weighted by molar-refractivity contribution is -0.145. The van der Waals surface area contributed by atoms with Crippen molar-refractivity contribution >= 4 is 41.3 Å².